The van der Waals surface area contributed by atoms with Crippen molar-refractivity contribution in [2.24, 2.45) is 5.92 Å². The first kappa shape index (κ1) is 19.2. The van der Waals surface area contributed by atoms with Gasteiger partial charge in [-0.3, -0.25) is 9.59 Å². The van der Waals surface area contributed by atoms with Crippen LogP contribution in [0, 0.1) is 5.92 Å². The Labute approximate surface area is 166 Å². The average Bonchev–Trinajstić information content (AvgIpc) is 3.21. The molecule has 6 heteroatoms. The molecule has 0 aromatic heterocycles. The van der Waals surface area contributed by atoms with Gasteiger partial charge in [-0.2, -0.15) is 0 Å². The fourth-order valence-corrected chi connectivity index (χ4v) is 4.30. The Morgan fingerprint density at radius 3 is 2.21 bits per heavy atom. The van der Waals surface area contributed by atoms with Gasteiger partial charge in [-0.05, 0) is 24.5 Å². The van der Waals surface area contributed by atoms with E-state index in [-0.39, 0.29) is 17.7 Å². The molecule has 0 saturated carbocycles. The SMILES string of the molecule is O=C(/C=C/c1ccccc1)N1CCC(C(=O)N2CCC3(CC2)OCCO3)CC1. The molecule has 2 amide bonds. The van der Waals surface area contributed by atoms with Gasteiger partial charge in [0.2, 0.25) is 11.8 Å². The third-order valence-corrected chi connectivity index (χ3v) is 6.02. The summed E-state index contributed by atoms with van der Waals surface area (Å²) in [5.41, 5.74) is 1.01. The van der Waals surface area contributed by atoms with E-state index in [1.165, 1.54) is 0 Å². The Hall–Kier alpha value is -2.18. The van der Waals surface area contributed by atoms with Crippen molar-refractivity contribution < 1.29 is 19.1 Å². The smallest absolute Gasteiger partial charge is 0.246 e. The molecule has 28 heavy (non-hydrogen) atoms. The van der Waals surface area contributed by atoms with Gasteiger partial charge < -0.3 is 19.3 Å². The number of hydrogen-bond acceptors (Lipinski definition) is 4. The number of piperidine rings is 2. The van der Waals surface area contributed by atoms with E-state index in [0.29, 0.717) is 39.4 Å². The van der Waals surface area contributed by atoms with E-state index in [9.17, 15) is 9.59 Å². The van der Waals surface area contributed by atoms with Crippen LogP contribution in [-0.2, 0) is 19.1 Å². The van der Waals surface area contributed by atoms with Crippen molar-refractivity contribution in [3.63, 3.8) is 0 Å². The summed E-state index contributed by atoms with van der Waals surface area (Å²) in [5.74, 6) is -0.191. The molecule has 4 rings (SSSR count). The molecule has 6 nitrogen and oxygen atoms in total. The first-order valence-electron chi connectivity index (χ1n) is 10.2. The summed E-state index contributed by atoms with van der Waals surface area (Å²) < 4.78 is 11.5. The lowest BCUT2D eigenvalue weighted by Gasteiger charge is -2.40. The topological polar surface area (TPSA) is 59.1 Å². The van der Waals surface area contributed by atoms with Crippen LogP contribution in [0.1, 0.15) is 31.2 Å². The molecule has 0 unspecified atom stereocenters. The number of rotatable bonds is 3. The molecule has 0 atom stereocenters. The lowest BCUT2D eigenvalue weighted by Crippen LogP contribution is -2.50. The minimum Gasteiger partial charge on any atom is -0.347 e. The second kappa shape index (κ2) is 8.45. The maximum absolute atomic E-state index is 12.9. The van der Waals surface area contributed by atoms with Gasteiger partial charge in [-0.15, -0.1) is 0 Å². The molecule has 0 bridgehead atoms. The lowest BCUT2D eigenvalue weighted by molar-refractivity contribution is -0.188. The number of amides is 2. The van der Waals surface area contributed by atoms with Crippen molar-refractivity contribution in [1.29, 1.82) is 0 Å². The summed E-state index contributed by atoms with van der Waals surface area (Å²) in [5, 5.41) is 0. The van der Waals surface area contributed by atoms with Crippen molar-refractivity contribution in [1.82, 2.24) is 9.80 Å². The van der Waals surface area contributed by atoms with Crippen LogP contribution in [-0.4, -0.2) is 66.8 Å². The number of nitrogens with zero attached hydrogens (tertiary/aromatic N) is 2. The standard InChI is InChI=1S/C22H28N2O4/c25-20(7-6-18-4-2-1-3-5-18)23-12-8-19(9-13-23)21(26)24-14-10-22(11-15-24)27-16-17-28-22/h1-7,19H,8-17H2/b7-6+. The fourth-order valence-electron chi connectivity index (χ4n) is 4.30. The summed E-state index contributed by atoms with van der Waals surface area (Å²) >= 11 is 0. The van der Waals surface area contributed by atoms with E-state index in [1.54, 1.807) is 6.08 Å². The van der Waals surface area contributed by atoms with E-state index < -0.39 is 5.79 Å². The second-order valence-corrected chi connectivity index (χ2v) is 7.78. The number of carbonyl (C=O) groups is 2. The molecule has 150 valence electrons. The van der Waals surface area contributed by atoms with Crippen molar-refractivity contribution in [3.05, 3.63) is 42.0 Å². The number of hydrogen-bond donors (Lipinski definition) is 0. The summed E-state index contributed by atoms with van der Waals surface area (Å²) in [7, 11) is 0. The van der Waals surface area contributed by atoms with Gasteiger partial charge in [0.05, 0.1) is 13.2 Å². The molecule has 0 radical (unpaired) electrons. The predicted molar refractivity (Wildman–Crippen MR) is 105 cm³/mol. The van der Waals surface area contributed by atoms with Crippen LogP contribution in [0.15, 0.2) is 36.4 Å². The number of carbonyl (C=O) groups excluding carboxylic acids is 2. The first-order valence-corrected chi connectivity index (χ1v) is 10.2. The van der Waals surface area contributed by atoms with Gasteiger partial charge >= 0.3 is 0 Å². The average molecular weight is 384 g/mol. The third-order valence-electron chi connectivity index (χ3n) is 6.02. The van der Waals surface area contributed by atoms with Gasteiger partial charge in [-0.25, -0.2) is 0 Å². The molecule has 3 aliphatic heterocycles. The number of likely N-dealkylation sites (tertiary alicyclic amines) is 2. The van der Waals surface area contributed by atoms with E-state index in [0.717, 1.165) is 31.2 Å². The molecular formula is C22H28N2O4. The lowest BCUT2D eigenvalue weighted by atomic mass is 9.93. The summed E-state index contributed by atoms with van der Waals surface area (Å²) in [6, 6.07) is 9.80. The number of benzene rings is 1. The summed E-state index contributed by atoms with van der Waals surface area (Å²) in [6.45, 7) is 3.96. The third kappa shape index (κ3) is 4.28. The maximum Gasteiger partial charge on any atom is 0.246 e. The van der Waals surface area contributed by atoms with E-state index in [4.69, 9.17) is 9.47 Å². The Bertz CT molecular complexity index is 709. The monoisotopic (exact) mass is 384 g/mol. The minimum absolute atomic E-state index is 0.0154. The zero-order valence-electron chi connectivity index (χ0n) is 16.2. The minimum atomic E-state index is -0.447. The highest BCUT2D eigenvalue weighted by molar-refractivity contribution is 5.92. The second-order valence-electron chi connectivity index (χ2n) is 7.78. The molecule has 3 aliphatic rings. The highest BCUT2D eigenvalue weighted by Crippen LogP contribution is 2.32. The van der Waals surface area contributed by atoms with Crippen LogP contribution < -0.4 is 0 Å². The quantitative estimate of drug-likeness (QED) is 0.751. The zero-order chi connectivity index (χ0) is 19.4. The van der Waals surface area contributed by atoms with E-state index in [1.807, 2.05) is 46.2 Å². The molecule has 3 saturated heterocycles. The molecular weight excluding hydrogens is 356 g/mol. The van der Waals surface area contributed by atoms with Crippen molar-refractivity contribution >= 4 is 17.9 Å². The predicted octanol–water partition coefficient (Wildman–Crippen LogP) is 2.30. The Kier molecular flexibility index (Phi) is 5.78. The van der Waals surface area contributed by atoms with Crippen LogP contribution in [0.3, 0.4) is 0 Å². The van der Waals surface area contributed by atoms with Crippen LogP contribution in [0.25, 0.3) is 6.08 Å². The normalized spacial score (nSPS) is 22.9. The maximum atomic E-state index is 12.9. The molecule has 3 fully saturated rings. The van der Waals surface area contributed by atoms with Crippen LogP contribution >= 0.6 is 0 Å². The van der Waals surface area contributed by atoms with Crippen LogP contribution in [0.4, 0.5) is 0 Å². The van der Waals surface area contributed by atoms with Gasteiger partial charge in [0.15, 0.2) is 5.79 Å². The molecule has 3 heterocycles. The van der Waals surface area contributed by atoms with Crippen LogP contribution in [0.2, 0.25) is 0 Å². The molecule has 1 aromatic carbocycles. The molecule has 1 aromatic rings. The van der Waals surface area contributed by atoms with Gasteiger partial charge in [-0.1, -0.05) is 30.3 Å². The summed E-state index contributed by atoms with van der Waals surface area (Å²) in [6.07, 6.45) is 6.44. The van der Waals surface area contributed by atoms with Crippen molar-refractivity contribution in [2.45, 2.75) is 31.5 Å². The molecule has 0 N–H and O–H groups in total. The fraction of sp³-hybridized carbons (Fsp3) is 0.545. The van der Waals surface area contributed by atoms with Gasteiger partial charge in [0.25, 0.3) is 0 Å². The van der Waals surface area contributed by atoms with E-state index in [2.05, 4.69) is 0 Å². The highest BCUT2D eigenvalue weighted by atomic mass is 16.7. The zero-order valence-corrected chi connectivity index (χ0v) is 16.2. The first-order chi connectivity index (χ1) is 13.7. The molecule has 1 spiro atoms. The highest BCUT2D eigenvalue weighted by Gasteiger charge is 2.42. The Balaban J connectivity index is 1.24. The van der Waals surface area contributed by atoms with Gasteiger partial charge in [0, 0.05) is 51.0 Å². The van der Waals surface area contributed by atoms with Gasteiger partial charge in [0.1, 0.15) is 0 Å². The van der Waals surface area contributed by atoms with Crippen LogP contribution in [0.5, 0.6) is 0 Å². The Morgan fingerprint density at radius 2 is 1.57 bits per heavy atom. The number of ether oxygens (including phenoxy) is 2. The van der Waals surface area contributed by atoms with Crippen molar-refractivity contribution in [3.8, 4) is 0 Å². The van der Waals surface area contributed by atoms with Crippen molar-refractivity contribution in [2.75, 3.05) is 39.4 Å². The largest absolute Gasteiger partial charge is 0.347 e. The molecule has 0 aliphatic carbocycles. The Morgan fingerprint density at radius 1 is 0.929 bits per heavy atom. The summed E-state index contributed by atoms with van der Waals surface area (Å²) in [4.78, 5) is 29.1. The van der Waals surface area contributed by atoms with E-state index >= 15 is 0 Å².